The first kappa shape index (κ1) is 15.9. The molecule has 1 fully saturated rings. The molecule has 0 bridgehead atoms. The average Bonchev–Trinajstić information content (AvgIpc) is 2.86. The smallest absolute Gasteiger partial charge is 0.311 e. The number of amides is 1. The minimum absolute atomic E-state index is 0.0476. The molecule has 6 heteroatoms. The topological polar surface area (TPSA) is 92.9 Å². The number of rotatable bonds is 7. The van der Waals surface area contributed by atoms with Crippen molar-refractivity contribution in [2.24, 2.45) is 17.6 Å². The molecule has 1 saturated heterocycles. The second kappa shape index (κ2) is 7.45. The Labute approximate surface area is 113 Å². The maximum atomic E-state index is 12.4. The summed E-state index contributed by atoms with van der Waals surface area (Å²) in [5, 5.41) is 9.19. The highest BCUT2D eigenvalue weighted by Gasteiger charge is 2.40. The fourth-order valence-electron chi connectivity index (χ4n) is 2.44. The lowest BCUT2D eigenvalue weighted by atomic mass is 9.98. The van der Waals surface area contributed by atoms with E-state index in [0.717, 1.165) is 6.42 Å². The Bertz CT molecular complexity index is 318. The summed E-state index contributed by atoms with van der Waals surface area (Å²) in [6, 6.07) is -0.370. The fraction of sp³-hybridized carbons (Fsp3) is 0.846. The number of carbonyl (C=O) groups is 2. The summed E-state index contributed by atoms with van der Waals surface area (Å²) in [6.45, 7) is 5.19. The van der Waals surface area contributed by atoms with E-state index >= 15 is 0 Å². The van der Waals surface area contributed by atoms with Crippen LogP contribution in [0.3, 0.4) is 0 Å². The summed E-state index contributed by atoms with van der Waals surface area (Å²) in [5.41, 5.74) is 5.62. The number of nitrogens with zero attached hydrogens (tertiary/aromatic N) is 1. The quantitative estimate of drug-likeness (QED) is 0.695. The van der Waals surface area contributed by atoms with Gasteiger partial charge >= 0.3 is 5.97 Å². The number of ether oxygens (including phenoxy) is 1. The van der Waals surface area contributed by atoms with Gasteiger partial charge in [0.05, 0.1) is 25.2 Å². The minimum Gasteiger partial charge on any atom is -0.481 e. The molecular formula is C13H24N2O4. The molecule has 0 aromatic carbocycles. The van der Waals surface area contributed by atoms with Gasteiger partial charge in [0.1, 0.15) is 5.92 Å². The Morgan fingerprint density at radius 1 is 1.42 bits per heavy atom. The molecule has 3 N–H and O–H groups in total. The molecule has 19 heavy (non-hydrogen) atoms. The van der Waals surface area contributed by atoms with Crippen molar-refractivity contribution < 1.29 is 19.4 Å². The van der Waals surface area contributed by atoms with Gasteiger partial charge in [-0.1, -0.05) is 13.8 Å². The van der Waals surface area contributed by atoms with Gasteiger partial charge in [-0.15, -0.1) is 0 Å². The highest BCUT2D eigenvalue weighted by molar-refractivity contribution is 5.81. The molecule has 0 radical (unpaired) electrons. The Kier molecular flexibility index (Phi) is 6.24. The molecule has 1 rings (SSSR count). The van der Waals surface area contributed by atoms with E-state index in [4.69, 9.17) is 10.5 Å². The molecule has 1 heterocycles. The maximum absolute atomic E-state index is 12.4. The van der Waals surface area contributed by atoms with Gasteiger partial charge in [-0.3, -0.25) is 9.59 Å². The molecular weight excluding hydrogens is 248 g/mol. The van der Waals surface area contributed by atoms with Crippen molar-refractivity contribution >= 4 is 11.9 Å². The third-order valence-corrected chi connectivity index (χ3v) is 3.64. The number of carboxylic acid groups (broad SMARTS) is 1. The summed E-state index contributed by atoms with van der Waals surface area (Å²) in [5.74, 6) is -1.82. The molecule has 0 aliphatic carbocycles. The van der Waals surface area contributed by atoms with Gasteiger partial charge in [-0.2, -0.15) is 0 Å². The van der Waals surface area contributed by atoms with E-state index in [0.29, 0.717) is 26.1 Å². The second-order valence-electron chi connectivity index (χ2n) is 4.92. The van der Waals surface area contributed by atoms with E-state index in [1.807, 2.05) is 13.8 Å². The number of carboxylic acids is 1. The normalized spacial score (nSPS) is 24.2. The standard InChI is InChI=1S/C13H24N2O4/c1-3-5-15(12(16)9(4-2)6-14)11-8-19-7-10(11)13(17)18/h9-11H,3-8,14H2,1-2H3,(H,17,18). The Morgan fingerprint density at radius 2 is 2.11 bits per heavy atom. The van der Waals surface area contributed by atoms with E-state index in [1.54, 1.807) is 4.90 Å². The molecule has 110 valence electrons. The van der Waals surface area contributed by atoms with E-state index in [2.05, 4.69) is 0 Å². The predicted molar refractivity (Wildman–Crippen MR) is 70.6 cm³/mol. The van der Waals surface area contributed by atoms with Gasteiger partial charge < -0.3 is 20.5 Å². The summed E-state index contributed by atoms with van der Waals surface area (Å²) >= 11 is 0. The van der Waals surface area contributed by atoms with Crippen LogP contribution in [0.1, 0.15) is 26.7 Å². The lowest BCUT2D eigenvalue weighted by Crippen LogP contribution is -2.50. The van der Waals surface area contributed by atoms with Gasteiger partial charge in [0.25, 0.3) is 0 Å². The van der Waals surface area contributed by atoms with Crippen LogP contribution in [0.2, 0.25) is 0 Å². The van der Waals surface area contributed by atoms with E-state index in [-0.39, 0.29) is 24.5 Å². The minimum atomic E-state index is -0.905. The van der Waals surface area contributed by atoms with Crippen LogP contribution in [0.5, 0.6) is 0 Å². The third-order valence-electron chi connectivity index (χ3n) is 3.64. The van der Waals surface area contributed by atoms with Crippen LogP contribution in [0.15, 0.2) is 0 Å². The molecule has 3 unspecified atom stereocenters. The zero-order chi connectivity index (χ0) is 14.4. The van der Waals surface area contributed by atoms with Crippen LogP contribution in [0.4, 0.5) is 0 Å². The van der Waals surface area contributed by atoms with E-state index in [9.17, 15) is 14.7 Å². The van der Waals surface area contributed by atoms with Crippen LogP contribution < -0.4 is 5.73 Å². The van der Waals surface area contributed by atoms with Gasteiger partial charge in [-0.25, -0.2) is 0 Å². The SMILES string of the molecule is CCCN(C(=O)C(CC)CN)C1COCC1C(=O)O. The van der Waals surface area contributed by atoms with Crippen LogP contribution in [-0.4, -0.2) is 54.2 Å². The first-order valence-corrected chi connectivity index (χ1v) is 6.87. The van der Waals surface area contributed by atoms with Crippen LogP contribution in [0, 0.1) is 11.8 Å². The number of aliphatic carboxylic acids is 1. The number of hydrogen-bond acceptors (Lipinski definition) is 4. The van der Waals surface area contributed by atoms with Gasteiger partial charge in [-0.05, 0) is 12.8 Å². The number of hydrogen-bond donors (Lipinski definition) is 2. The first-order valence-electron chi connectivity index (χ1n) is 6.87. The molecule has 0 aromatic heterocycles. The van der Waals surface area contributed by atoms with Crippen LogP contribution in [0.25, 0.3) is 0 Å². The molecule has 1 amide bonds. The van der Waals surface area contributed by atoms with Crippen molar-refractivity contribution in [3.8, 4) is 0 Å². The molecule has 1 aliphatic rings. The fourth-order valence-corrected chi connectivity index (χ4v) is 2.44. The third kappa shape index (κ3) is 3.67. The maximum Gasteiger partial charge on any atom is 0.311 e. The average molecular weight is 272 g/mol. The molecule has 0 aromatic rings. The summed E-state index contributed by atoms with van der Waals surface area (Å²) in [7, 11) is 0. The van der Waals surface area contributed by atoms with E-state index in [1.165, 1.54) is 0 Å². The van der Waals surface area contributed by atoms with Crippen molar-refractivity contribution in [1.82, 2.24) is 4.90 Å². The van der Waals surface area contributed by atoms with Crippen molar-refractivity contribution in [1.29, 1.82) is 0 Å². The number of carbonyl (C=O) groups excluding carboxylic acids is 1. The second-order valence-corrected chi connectivity index (χ2v) is 4.92. The van der Waals surface area contributed by atoms with Crippen LogP contribution >= 0.6 is 0 Å². The monoisotopic (exact) mass is 272 g/mol. The summed E-state index contributed by atoms with van der Waals surface area (Å²) in [4.78, 5) is 25.3. The van der Waals surface area contributed by atoms with E-state index < -0.39 is 11.9 Å². The molecule has 3 atom stereocenters. The number of nitrogens with two attached hydrogens (primary N) is 1. The summed E-state index contributed by atoms with van der Waals surface area (Å²) < 4.78 is 5.25. The van der Waals surface area contributed by atoms with Crippen molar-refractivity contribution in [2.45, 2.75) is 32.7 Å². The highest BCUT2D eigenvalue weighted by atomic mass is 16.5. The van der Waals surface area contributed by atoms with Crippen LogP contribution in [-0.2, 0) is 14.3 Å². The van der Waals surface area contributed by atoms with Gasteiger partial charge in [0.15, 0.2) is 0 Å². The lowest BCUT2D eigenvalue weighted by Gasteiger charge is -2.32. The Hall–Kier alpha value is -1.14. The Balaban J connectivity index is 2.86. The molecule has 0 spiro atoms. The lowest BCUT2D eigenvalue weighted by molar-refractivity contribution is -0.146. The van der Waals surface area contributed by atoms with Gasteiger partial charge in [0.2, 0.25) is 5.91 Å². The first-order chi connectivity index (χ1) is 9.06. The molecule has 0 saturated carbocycles. The summed E-state index contributed by atoms with van der Waals surface area (Å²) in [6.07, 6.45) is 1.45. The molecule has 1 aliphatic heterocycles. The predicted octanol–water partition coefficient (Wildman–Crippen LogP) is 0.310. The molecule has 6 nitrogen and oxygen atoms in total. The Morgan fingerprint density at radius 3 is 2.58 bits per heavy atom. The van der Waals surface area contributed by atoms with Crippen molar-refractivity contribution in [2.75, 3.05) is 26.3 Å². The van der Waals surface area contributed by atoms with Crippen molar-refractivity contribution in [3.05, 3.63) is 0 Å². The van der Waals surface area contributed by atoms with Gasteiger partial charge in [0, 0.05) is 13.1 Å². The zero-order valence-electron chi connectivity index (χ0n) is 11.7. The highest BCUT2D eigenvalue weighted by Crippen LogP contribution is 2.22. The zero-order valence-corrected chi connectivity index (χ0v) is 11.7. The van der Waals surface area contributed by atoms with Crippen molar-refractivity contribution in [3.63, 3.8) is 0 Å². The largest absolute Gasteiger partial charge is 0.481 e.